The molecule has 3 rings (SSSR count). The fourth-order valence-electron chi connectivity index (χ4n) is 2.16. The van der Waals surface area contributed by atoms with Gasteiger partial charge in [0, 0.05) is 5.69 Å². The van der Waals surface area contributed by atoms with Crippen molar-refractivity contribution < 1.29 is 14.3 Å². The van der Waals surface area contributed by atoms with Gasteiger partial charge in [-0.1, -0.05) is 29.8 Å². The van der Waals surface area contributed by atoms with E-state index in [1.165, 1.54) is 0 Å². The third-order valence-corrected chi connectivity index (χ3v) is 3.33. The van der Waals surface area contributed by atoms with Crippen LogP contribution < -0.4 is 16.3 Å². The van der Waals surface area contributed by atoms with Crippen molar-refractivity contribution in [3.05, 3.63) is 64.5 Å². The zero-order valence-corrected chi connectivity index (χ0v) is 12.3. The molecule has 2 amide bonds. The number of nitrogens with one attached hydrogen (secondary N) is 2. The largest absolute Gasteiger partial charge is 0.505 e. The highest BCUT2D eigenvalue weighted by molar-refractivity contribution is 6.02. The number of carbonyl (C=O) groups excluding carboxylic acids is 1. The minimum atomic E-state index is -0.819. The lowest BCUT2D eigenvalue weighted by Gasteiger charge is -2.09. The molecule has 0 saturated heterocycles. The Balaban J connectivity index is 1.87. The number of aryl methyl sites for hydroxylation is 1. The van der Waals surface area contributed by atoms with Crippen LogP contribution in [0.3, 0.4) is 0 Å². The maximum absolute atomic E-state index is 12.0. The standard InChI is InChI=1S/C17H14N2O4/c1-10-6-8-11(9-7-10)18-17(22)19-14-15(20)12-4-2-3-5-13(12)23-16(14)21/h2-9,20H,1H3,(H2,18,19,22). The first kappa shape index (κ1) is 14.6. The molecule has 0 unspecified atom stereocenters. The number of rotatable bonds is 2. The number of hydrogen-bond acceptors (Lipinski definition) is 4. The van der Waals surface area contributed by atoms with Gasteiger partial charge in [0.2, 0.25) is 0 Å². The molecular weight excluding hydrogens is 296 g/mol. The molecule has 6 nitrogen and oxygen atoms in total. The van der Waals surface area contributed by atoms with E-state index >= 15 is 0 Å². The first-order chi connectivity index (χ1) is 11.0. The molecule has 23 heavy (non-hydrogen) atoms. The molecular formula is C17H14N2O4. The summed E-state index contributed by atoms with van der Waals surface area (Å²) in [4.78, 5) is 23.9. The number of fused-ring (bicyclic) bond motifs is 1. The quantitative estimate of drug-likeness (QED) is 0.632. The highest BCUT2D eigenvalue weighted by Gasteiger charge is 2.16. The number of anilines is 2. The summed E-state index contributed by atoms with van der Waals surface area (Å²) >= 11 is 0. The molecule has 1 aromatic heterocycles. The van der Waals surface area contributed by atoms with Crippen molar-refractivity contribution in [1.82, 2.24) is 0 Å². The predicted molar refractivity (Wildman–Crippen MR) is 88.0 cm³/mol. The van der Waals surface area contributed by atoms with Crippen LogP contribution in [0.1, 0.15) is 5.56 Å². The number of carbonyl (C=O) groups is 1. The van der Waals surface area contributed by atoms with Crippen molar-refractivity contribution in [2.45, 2.75) is 6.92 Å². The van der Waals surface area contributed by atoms with Gasteiger partial charge in [-0.25, -0.2) is 9.59 Å². The highest BCUT2D eigenvalue weighted by atomic mass is 16.4. The third-order valence-electron chi connectivity index (χ3n) is 3.33. The zero-order valence-electron chi connectivity index (χ0n) is 12.3. The van der Waals surface area contributed by atoms with Gasteiger partial charge >= 0.3 is 11.7 Å². The molecule has 1 heterocycles. The monoisotopic (exact) mass is 310 g/mol. The minimum absolute atomic E-state index is 0.250. The summed E-state index contributed by atoms with van der Waals surface area (Å²) in [6.07, 6.45) is 0. The number of amides is 2. The Hall–Kier alpha value is -3.28. The van der Waals surface area contributed by atoms with Crippen LogP contribution in [0, 0.1) is 6.92 Å². The van der Waals surface area contributed by atoms with E-state index in [1.54, 1.807) is 36.4 Å². The summed E-state index contributed by atoms with van der Waals surface area (Å²) in [6.45, 7) is 1.93. The molecule has 0 aliphatic rings. The van der Waals surface area contributed by atoms with Crippen LogP contribution in [0.4, 0.5) is 16.2 Å². The van der Waals surface area contributed by atoms with Crippen molar-refractivity contribution in [2.24, 2.45) is 0 Å². The number of para-hydroxylation sites is 1. The molecule has 0 saturated carbocycles. The van der Waals surface area contributed by atoms with Crippen LogP contribution in [-0.4, -0.2) is 11.1 Å². The average Bonchev–Trinajstić information content (AvgIpc) is 2.54. The van der Waals surface area contributed by atoms with Crippen LogP contribution >= 0.6 is 0 Å². The van der Waals surface area contributed by atoms with Gasteiger partial charge in [-0.2, -0.15) is 0 Å². The van der Waals surface area contributed by atoms with Crippen LogP contribution in [0.2, 0.25) is 0 Å². The van der Waals surface area contributed by atoms with E-state index < -0.39 is 11.7 Å². The number of urea groups is 1. The molecule has 0 spiro atoms. The summed E-state index contributed by atoms with van der Waals surface area (Å²) in [7, 11) is 0. The van der Waals surface area contributed by atoms with Crippen molar-refractivity contribution in [3.8, 4) is 5.75 Å². The number of aromatic hydroxyl groups is 1. The average molecular weight is 310 g/mol. The lowest BCUT2D eigenvalue weighted by atomic mass is 10.2. The maximum atomic E-state index is 12.0. The second kappa shape index (κ2) is 5.84. The van der Waals surface area contributed by atoms with E-state index in [0.29, 0.717) is 11.1 Å². The van der Waals surface area contributed by atoms with Gasteiger partial charge in [0.25, 0.3) is 0 Å². The van der Waals surface area contributed by atoms with Gasteiger partial charge in [-0.3, -0.25) is 5.32 Å². The second-order valence-electron chi connectivity index (χ2n) is 5.05. The molecule has 0 radical (unpaired) electrons. The fraction of sp³-hybridized carbons (Fsp3) is 0.0588. The first-order valence-corrected chi connectivity index (χ1v) is 6.94. The maximum Gasteiger partial charge on any atom is 0.364 e. The van der Waals surface area contributed by atoms with Crippen LogP contribution in [0.15, 0.2) is 57.7 Å². The summed E-state index contributed by atoms with van der Waals surface area (Å²) < 4.78 is 5.08. The summed E-state index contributed by atoms with van der Waals surface area (Å²) in [5, 5.41) is 15.4. The summed E-state index contributed by atoms with van der Waals surface area (Å²) in [6, 6.07) is 13.0. The van der Waals surface area contributed by atoms with Gasteiger partial charge in [0.15, 0.2) is 11.4 Å². The van der Waals surface area contributed by atoms with E-state index in [9.17, 15) is 14.7 Å². The van der Waals surface area contributed by atoms with Gasteiger partial charge in [0.1, 0.15) is 5.58 Å². The number of hydrogen-bond donors (Lipinski definition) is 3. The first-order valence-electron chi connectivity index (χ1n) is 6.94. The topological polar surface area (TPSA) is 91.6 Å². The molecule has 0 fully saturated rings. The predicted octanol–water partition coefficient (Wildman–Crippen LogP) is 3.45. The molecule has 0 aliphatic carbocycles. The SMILES string of the molecule is Cc1ccc(NC(=O)Nc2c(O)c3ccccc3oc2=O)cc1. The minimum Gasteiger partial charge on any atom is -0.505 e. The summed E-state index contributed by atoms with van der Waals surface area (Å²) in [5.41, 5.74) is 0.759. The van der Waals surface area contributed by atoms with Crippen molar-refractivity contribution in [1.29, 1.82) is 0 Å². The Morgan fingerprint density at radius 1 is 1.04 bits per heavy atom. The Kier molecular flexibility index (Phi) is 3.72. The summed E-state index contributed by atoms with van der Waals surface area (Å²) in [5.74, 6) is -0.323. The second-order valence-corrected chi connectivity index (χ2v) is 5.05. The van der Waals surface area contributed by atoms with E-state index in [4.69, 9.17) is 4.42 Å². The van der Waals surface area contributed by atoms with Crippen molar-refractivity contribution >= 4 is 28.4 Å². The molecule has 2 aromatic carbocycles. The van der Waals surface area contributed by atoms with Gasteiger partial charge in [-0.15, -0.1) is 0 Å². The zero-order chi connectivity index (χ0) is 16.4. The van der Waals surface area contributed by atoms with Crippen LogP contribution in [0.25, 0.3) is 11.0 Å². The smallest absolute Gasteiger partial charge is 0.364 e. The van der Waals surface area contributed by atoms with E-state index in [1.807, 2.05) is 19.1 Å². The normalized spacial score (nSPS) is 10.5. The van der Waals surface area contributed by atoms with Gasteiger partial charge in [-0.05, 0) is 31.2 Å². The molecule has 0 bridgehead atoms. The molecule has 3 aromatic rings. The van der Waals surface area contributed by atoms with Crippen LogP contribution in [0.5, 0.6) is 5.75 Å². The molecule has 3 N–H and O–H groups in total. The lowest BCUT2D eigenvalue weighted by molar-refractivity contribution is 0.262. The van der Waals surface area contributed by atoms with E-state index in [2.05, 4.69) is 10.6 Å². The Morgan fingerprint density at radius 3 is 2.48 bits per heavy atom. The van der Waals surface area contributed by atoms with Gasteiger partial charge in [0.05, 0.1) is 5.39 Å². The number of benzene rings is 2. The Bertz CT molecular complexity index is 929. The Labute approximate surface area is 131 Å². The fourth-order valence-corrected chi connectivity index (χ4v) is 2.16. The van der Waals surface area contributed by atoms with E-state index in [0.717, 1.165) is 5.56 Å². The molecule has 6 heteroatoms. The molecule has 0 aliphatic heterocycles. The molecule has 0 atom stereocenters. The third kappa shape index (κ3) is 3.01. The van der Waals surface area contributed by atoms with Crippen molar-refractivity contribution in [3.63, 3.8) is 0 Å². The van der Waals surface area contributed by atoms with Gasteiger partial charge < -0.3 is 14.8 Å². The van der Waals surface area contributed by atoms with Crippen molar-refractivity contribution in [2.75, 3.05) is 10.6 Å². The highest BCUT2D eigenvalue weighted by Crippen LogP contribution is 2.29. The Morgan fingerprint density at radius 2 is 1.74 bits per heavy atom. The lowest BCUT2D eigenvalue weighted by Crippen LogP contribution is -2.23. The van der Waals surface area contributed by atoms with Crippen LogP contribution in [-0.2, 0) is 0 Å². The molecule has 116 valence electrons. The van der Waals surface area contributed by atoms with E-state index in [-0.39, 0.29) is 17.0 Å².